The zero-order chi connectivity index (χ0) is 19.0. The van der Waals surface area contributed by atoms with E-state index in [9.17, 15) is 4.79 Å². The quantitative estimate of drug-likeness (QED) is 0.633. The van der Waals surface area contributed by atoms with Crippen LogP contribution in [0.4, 0.5) is 5.69 Å². The molecule has 1 aromatic rings. The van der Waals surface area contributed by atoms with Crippen LogP contribution in [-0.4, -0.2) is 17.9 Å². The molecule has 3 nitrogen and oxygen atoms in total. The second-order valence-corrected chi connectivity index (χ2v) is 5.39. The lowest BCUT2D eigenvalue weighted by atomic mass is 9.96. The van der Waals surface area contributed by atoms with E-state index in [-0.39, 0.29) is 11.8 Å². The van der Waals surface area contributed by atoms with Gasteiger partial charge in [0.2, 0.25) is 5.91 Å². The Labute approximate surface area is 149 Å². The number of nitrogens with zero attached hydrogens (tertiary/aromatic N) is 2. The smallest absolute Gasteiger partial charge is 0.229 e. The SMILES string of the molecule is C#CCC.CC.CCCC(CCC)C(=O)N(C)c1ccc(C)nc1. The number of terminal acetylenes is 1. The summed E-state index contributed by atoms with van der Waals surface area (Å²) in [6.07, 6.45) is 11.4. The maximum Gasteiger partial charge on any atom is 0.229 e. The Bertz CT molecular complexity index is 454. The van der Waals surface area contributed by atoms with E-state index in [1.165, 1.54) is 0 Å². The number of anilines is 1. The third-order valence-electron chi connectivity index (χ3n) is 3.44. The van der Waals surface area contributed by atoms with Gasteiger partial charge in [0.05, 0.1) is 11.9 Å². The van der Waals surface area contributed by atoms with Gasteiger partial charge in [-0.05, 0) is 31.9 Å². The van der Waals surface area contributed by atoms with Gasteiger partial charge in [-0.25, -0.2) is 0 Å². The minimum absolute atomic E-state index is 0.145. The van der Waals surface area contributed by atoms with E-state index < -0.39 is 0 Å². The van der Waals surface area contributed by atoms with Crippen LogP contribution in [0.3, 0.4) is 0 Å². The molecule has 0 saturated heterocycles. The number of pyridine rings is 1. The van der Waals surface area contributed by atoms with Crippen LogP contribution in [0.15, 0.2) is 18.3 Å². The normalized spacial score (nSPS) is 9.12. The molecule has 136 valence electrons. The molecule has 1 amide bonds. The molecule has 0 aromatic carbocycles. The van der Waals surface area contributed by atoms with Crippen molar-refractivity contribution in [3.63, 3.8) is 0 Å². The largest absolute Gasteiger partial charge is 0.314 e. The predicted molar refractivity (Wildman–Crippen MR) is 106 cm³/mol. The predicted octanol–water partition coefficient (Wildman–Crippen LogP) is 5.63. The summed E-state index contributed by atoms with van der Waals surface area (Å²) in [5.74, 6) is 2.79. The van der Waals surface area contributed by atoms with Gasteiger partial charge >= 0.3 is 0 Å². The van der Waals surface area contributed by atoms with E-state index in [0.29, 0.717) is 0 Å². The number of aryl methyl sites for hydroxylation is 1. The summed E-state index contributed by atoms with van der Waals surface area (Å²) in [7, 11) is 1.84. The summed E-state index contributed by atoms with van der Waals surface area (Å²) in [6, 6.07) is 3.89. The highest BCUT2D eigenvalue weighted by atomic mass is 16.2. The van der Waals surface area contributed by atoms with Crippen molar-refractivity contribution in [2.75, 3.05) is 11.9 Å². The molecule has 1 rings (SSSR count). The Hall–Kier alpha value is -1.82. The first kappa shape index (κ1) is 24.4. The van der Waals surface area contributed by atoms with Crippen molar-refractivity contribution in [2.24, 2.45) is 5.92 Å². The van der Waals surface area contributed by atoms with Crippen molar-refractivity contribution in [3.8, 4) is 12.3 Å². The number of carbonyl (C=O) groups excluding carboxylic acids is 1. The molecule has 0 atom stereocenters. The van der Waals surface area contributed by atoms with Gasteiger partial charge in [-0.15, -0.1) is 12.3 Å². The van der Waals surface area contributed by atoms with Gasteiger partial charge in [-0.2, -0.15) is 0 Å². The maximum absolute atomic E-state index is 12.4. The Kier molecular flexibility index (Phi) is 16.3. The molecule has 0 aliphatic heterocycles. The van der Waals surface area contributed by atoms with E-state index >= 15 is 0 Å². The molecule has 3 heteroatoms. The van der Waals surface area contributed by atoms with Crippen molar-refractivity contribution in [1.82, 2.24) is 4.98 Å². The number of carbonyl (C=O) groups is 1. The van der Waals surface area contributed by atoms with Crippen LogP contribution >= 0.6 is 0 Å². The standard InChI is InChI=1S/C15H24N2O.C4H6.C2H6/c1-5-7-13(8-6-2)15(18)17(4)14-10-9-12(3)16-11-14;1-3-4-2;1-2/h9-11,13H,5-8H2,1-4H3;1H,4H2,2H3;1-2H3. The molecule has 0 saturated carbocycles. The molecule has 0 aliphatic carbocycles. The van der Waals surface area contributed by atoms with Crippen molar-refractivity contribution in [2.45, 2.75) is 73.6 Å². The van der Waals surface area contributed by atoms with Gasteiger partial charge in [0.25, 0.3) is 0 Å². The highest BCUT2D eigenvalue weighted by molar-refractivity contribution is 5.94. The van der Waals surface area contributed by atoms with Gasteiger partial charge in [-0.1, -0.05) is 47.5 Å². The Morgan fingerprint density at radius 2 is 1.71 bits per heavy atom. The molecule has 0 unspecified atom stereocenters. The lowest BCUT2D eigenvalue weighted by molar-refractivity contribution is -0.122. The van der Waals surface area contributed by atoms with Crippen LogP contribution in [0.1, 0.15) is 72.4 Å². The third-order valence-corrected chi connectivity index (χ3v) is 3.44. The second-order valence-electron chi connectivity index (χ2n) is 5.39. The van der Waals surface area contributed by atoms with Gasteiger partial charge in [0.15, 0.2) is 0 Å². The van der Waals surface area contributed by atoms with Crippen molar-refractivity contribution >= 4 is 11.6 Å². The number of aromatic nitrogens is 1. The summed E-state index contributed by atoms with van der Waals surface area (Å²) in [6.45, 7) is 12.1. The molecule has 1 aromatic heterocycles. The fraction of sp³-hybridized carbons (Fsp3) is 0.619. The first-order chi connectivity index (χ1) is 11.5. The Morgan fingerprint density at radius 3 is 2.04 bits per heavy atom. The lowest BCUT2D eigenvalue weighted by Crippen LogP contribution is -2.33. The maximum atomic E-state index is 12.4. The van der Waals surface area contributed by atoms with Gasteiger partial charge in [-0.3, -0.25) is 9.78 Å². The summed E-state index contributed by atoms with van der Waals surface area (Å²) in [5.41, 5.74) is 1.85. The van der Waals surface area contributed by atoms with Crippen LogP contribution in [0.25, 0.3) is 0 Å². The number of rotatable bonds is 6. The molecule has 0 spiro atoms. The summed E-state index contributed by atoms with van der Waals surface area (Å²) in [4.78, 5) is 18.4. The first-order valence-corrected chi connectivity index (χ1v) is 9.15. The van der Waals surface area contributed by atoms with Crippen LogP contribution in [-0.2, 0) is 4.79 Å². The lowest BCUT2D eigenvalue weighted by Gasteiger charge is -2.23. The highest BCUT2D eigenvalue weighted by Crippen LogP contribution is 2.20. The fourth-order valence-corrected chi connectivity index (χ4v) is 2.15. The molecule has 0 bridgehead atoms. The molecule has 24 heavy (non-hydrogen) atoms. The van der Waals surface area contributed by atoms with Crippen molar-refractivity contribution in [1.29, 1.82) is 0 Å². The zero-order valence-electron chi connectivity index (χ0n) is 16.7. The minimum atomic E-state index is 0.145. The number of hydrogen-bond acceptors (Lipinski definition) is 2. The van der Waals surface area contributed by atoms with Crippen LogP contribution in [0.2, 0.25) is 0 Å². The molecular formula is C21H36N2O. The average Bonchev–Trinajstić information content (AvgIpc) is 2.63. The van der Waals surface area contributed by atoms with Gasteiger partial charge < -0.3 is 4.90 Å². The second kappa shape index (κ2) is 16.1. The van der Waals surface area contributed by atoms with E-state index in [2.05, 4.69) is 24.8 Å². The average molecular weight is 333 g/mol. The minimum Gasteiger partial charge on any atom is -0.314 e. The van der Waals surface area contributed by atoms with Crippen LogP contribution in [0.5, 0.6) is 0 Å². The van der Waals surface area contributed by atoms with Gasteiger partial charge in [0.1, 0.15) is 0 Å². The third kappa shape index (κ3) is 10.0. The molecule has 0 N–H and O–H groups in total. The molecule has 1 heterocycles. The van der Waals surface area contributed by atoms with Crippen molar-refractivity contribution in [3.05, 3.63) is 24.0 Å². The van der Waals surface area contributed by atoms with E-state index in [1.807, 2.05) is 46.9 Å². The van der Waals surface area contributed by atoms with E-state index in [0.717, 1.165) is 43.5 Å². The fourth-order valence-electron chi connectivity index (χ4n) is 2.15. The topological polar surface area (TPSA) is 33.2 Å². The number of amides is 1. The highest BCUT2D eigenvalue weighted by Gasteiger charge is 2.21. The van der Waals surface area contributed by atoms with E-state index in [4.69, 9.17) is 6.42 Å². The zero-order valence-corrected chi connectivity index (χ0v) is 16.7. The number of hydrogen-bond donors (Lipinski definition) is 0. The molecule has 0 aliphatic rings. The van der Waals surface area contributed by atoms with Gasteiger partial charge in [0, 0.05) is 25.1 Å². The first-order valence-electron chi connectivity index (χ1n) is 9.15. The summed E-state index contributed by atoms with van der Waals surface area (Å²) < 4.78 is 0. The molecule has 0 fully saturated rings. The summed E-state index contributed by atoms with van der Waals surface area (Å²) >= 11 is 0. The summed E-state index contributed by atoms with van der Waals surface area (Å²) in [5, 5.41) is 0. The Balaban J connectivity index is 0. The van der Waals surface area contributed by atoms with E-state index in [1.54, 1.807) is 11.1 Å². The van der Waals surface area contributed by atoms with Crippen LogP contribution < -0.4 is 4.90 Å². The molecular weight excluding hydrogens is 296 g/mol. The Morgan fingerprint density at radius 1 is 1.21 bits per heavy atom. The van der Waals surface area contributed by atoms with Crippen LogP contribution in [0, 0.1) is 25.2 Å². The van der Waals surface area contributed by atoms with Crippen molar-refractivity contribution < 1.29 is 4.79 Å². The monoisotopic (exact) mass is 332 g/mol. The molecule has 0 radical (unpaired) electrons.